The van der Waals surface area contributed by atoms with Crippen LogP contribution in [0.5, 0.6) is 0 Å². The Kier molecular flexibility index (Phi) is 9.58. The molecular weight excluding hydrogens is 314 g/mol. The molecule has 21 heavy (non-hydrogen) atoms. The molecule has 0 aromatic rings. The van der Waals surface area contributed by atoms with E-state index in [1.54, 1.807) is 0 Å². The first-order valence-corrected chi connectivity index (χ1v) is 10.7. The van der Waals surface area contributed by atoms with E-state index in [4.69, 9.17) is 18.8 Å². The zero-order valence-electron chi connectivity index (χ0n) is 13.0. The maximum absolute atomic E-state index is 12.7. The molecular formula is C13H28O6P2. The first-order chi connectivity index (χ1) is 9.54. The van der Waals surface area contributed by atoms with Crippen LogP contribution in [-0.2, 0) is 18.2 Å². The highest BCUT2D eigenvalue weighted by Crippen LogP contribution is 2.55. The lowest BCUT2D eigenvalue weighted by molar-refractivity contribution is 0.195. The lowest BCUT2D eigenvalue weighted by Crippen LogP contribution is -2.24. The van der Waals surface area contributed by atoms with Gasteiger partial charge in [0.05, 0.1) is 25.5 Å². The largest absolute Gasteiger partial charge is 0.331 e. The van der Waals surface area contributed by atoms with Gasteiger partial charge in [0, 0.05) is 0 Å². The Hall–Kier alpha value is 0.300. The molecule has 0 bridgehead atoms. The van der Waals surface area contributed by atoms with Crippen LogP contribution in [0, 0.1) is 19.3 Å². The molecule has 0 saturated heterocycles. The van der Waals surface area contributed by atoms with Crippen molar-refractivity contribution in [2.24, 2.45) is 5.41 Å². The van der Waals surface area contributed by atoms with E-state index < -0.39 is 26.8 Å². The Balaban J connectivity index is 4.77. The smallest absolute Gasteiger partial charge is 0.324 e. The first-order valence-electron chi connectivity index (χ1n) is 7.17. The Bertz CT molecular complexity index is 363. The van der Waals surface area contributed by atoms with E-state index in [9.17, 15) is 9.13 Å². The third-order valence-corrected chi connectivity index (χ3v) is 5.94. The first kappa shape index (κ1) is 21.3. The van der Waals surface area contributed by atoms with Crippen molar-refractivity contribution in [1.29, 1.82) is 0 Å². The topological polar surface area (TPSA) is 93.1 Å². The summed E-state index contributed by atoms with van der Waals surface area (Å²) < 4.78 is 34.5. The summed E-state index contributed by atoms with van der Waals surface area (Å²) in [6.45, 7) is 11.8. The van der Waals surface area contributed by atoms with Crippen LogP contribution in [0.3, 0.4) is 0 Å². The lowest BCUT2D eigenvalue weighted by atomic mass is 10.0. The standard InChI is InChI=1S/C13H28O6P2/c1-5-7-9-18-21(17,19-10-8-6-2)12-13(3,4)11-20(14,15)16/h3-12H2,1-2H3,(H2,14,15,16). The van der Waals surface area contributed by atoms with Crippen molar-refractivity contribution in [2.75, 3.05) is 25.5 Å². The summed E-state index contributed by atoms with van der Waals surface area (Å²) in [6, 6.07) is 0. The second kappa shape index (κ2) is 9.44. The molecule has 0 aromatic carbocycles. The second-order valence-corrected chi connectivity index (χ2v) is 9.17. The van der Waals surface area contributed by atoms with Crippen molar-refractivity contribution in [2.45, 2.75) is 39.5 Å². The Morgan fingerprint density at radius 1 is 0.952 bits per heavy atom. The Morgan fingerprint density at radius 2 is 1.38 bits per heavy atom. The summed E-state index contributed by atoms with van der Waals surface area (Å²) in [7, 11) is -7.75. The van der Waals surface area contributed by atoms with Gasteiger partial charge in [-0.15, -0.1) is 0 Å². The van der Waals surface area contributed by atoms with Gasteiger partial charge in [-0.1, -0.05) is 26.7 Å². The van der Waals surface area contributed by atoms with Crippen LogP contribution in [0.15, 0.2) is 0 Å². The Labute approximate surface area is 128 Å². The minimum Gasteiger partial charge on any atom is -0.324 e. The molecule has 0 aliphatic heterocycles. The molecule has 6 nitrogen and oxygen atoms in total. The van der Waals surface area contributed by atoms with Crippen LogP contribution in [0.2, 0.25) is 0 Å². The minimum atomic E-state index is -4.29. The molecule has 0 aliphatic rings. The van der Waals surface area contributed by atoms with Gasteiger partial charge in [0.2, 0.25) is 0 Å². The van der Waals surface area contributed by atoms with Gasteiger partial charge in [-0.2, -0.15) is 0 Å². The molecule has 0 aromatic heterocycles. The van der Waals surface area contributed by atoms with Gasteiger partial charge < -0.3 is 18.8 Å². The van der Waals surface area contributed by atoms with Gasteiger partial charge in [-0.3, -0.25) is 9.13 Å². The molecule has 0 aliphatic carbocycles. The van der Waals surface area contributed by atoms with Crippen molar-refractivity contribution in [1.82, 2.24) is 0 Å². The maximum Gasteiger partial charge on any atom is 0.331 e. The van der Waals surface area contributed by atoms with Crippen molar-refractivity contribution in [3.05, 3.63) is 13.8 Å². The molecule has 0 rings (SSSR count). The van der Waals surface area contributed by atoms with Gasteiger partial charge in [-0.05, 0) is 32.1 Å². The normalized spacial score (nSPS) is 13.6. The van der Waals surface area contributed by atoms with Crippen molar-refractivity contribution in [3.8, 4) is 0 Å². The summed E-state index contributed by atoms with van der Waals surface area (Å²) in [6.07, 6.45) is 2.48. The third-order valence-electron chi connectivity index (χ3n) is 2.64. The molecule has 0 atom stereocenters. The molecule has 0 heterocycles. The van der Waals surface area contributed by atoms with Gasteiger partial charge in [-0.25, -0.2) is 0 Å². The second-order valence-electron chi connectivity index (χ2n) is 5.47. The van der Waals surface area contributed by atoms with E-state index in [0.717, 1.165) is 25.7 Å². The van der Waals surface area contributed by atoms with Crippen LogP contribution in [-0.4, -0.2) is 35.3 Å². The molecule has 126 valence electrons. The van der Waals surface area contributed by atoms with Crippen LogP contribution in [0.4, 0.5) is 0 Å². The fraction of sp³-hybridized carbons (Fsp3) is 0.846. The summed E-state index contributed by atoms with van der Waals surface area (Å²) in [5.74, 6) is 0. The third kappa shape index (κ3) is 11.5. The predicted molar refractivity (Wildman–Crippen MR) is 84.3 cm³/mol. The zero-order valence-corrected chi connectivity index (χ0v) is 14.8. The number of unbranched alkanes of at least 4 members (excludes halogenated alkanes) is 2. The van der Waals surface area contributed by atoms with Crippen molar-refractivity contribution >= 4 is 15.2 Å². The molecule has 2 N–H and O–H groups in total. The van der Waals surface area contributed by atoms with E-state index in [2.05, 4.69) is 13.8 Å². The van der Waals surface area contributed by atoms with E-state index in [0.29, 0.717) is 0 Å². The predicted octanol–water partition coefficient (Wildman–Crippen LogP) is 3.65. The van der Waals surface area contributed by atoms with E-state index in [-0.39, 0.29) is 19.4 Å². The minimum absolute atomic E-state index is 0.210. The van der Waals surface area contributed by atoms with Gasteiger partial charge >= 0.3 is 15.2 Å². The van der Waals surface area contributed by atoms with Crippen molar-refractivity contribution in [3.63, 3.8) is 0 Å². The van der Waals surface area contributed by atoms with E-state index in [1.807, 2.05) is 13.8 Å². The molecule has 8 heteroatoms. The van der Waals surface area contributed by atoms with Gasteiger partial charge in [0.1, 0.15) is 0 Å². The molecule has 0 spiro atoms. The van der Waals surface area contributed by atoms with E-state index >= 15 is 0 Å². The summed E-state index contributed by atoms with van der Waals surface area (Å²) in [4.78, 5) is 18.1. The van der Waals surface area contributed by atoms with Crippen LogP contribution in [0.1, 0.15) is 39.5 Å². The summed E-state index contributed by atoms with van der Waals surface area (Å²) >= 11 is 0. The lowest BCUT2D eigenvalue weighted by Gasteiger charge is -2.29. The highest BCUT2D eigenvalue weighted by Gasteiger charge is 2.38. The molecule has 0 amide bonds. The fourth-order valence-corrected chi connectivity index (χ4v) is 4.89. The highest BCUT2D eigenvalue weighted by molar-refractivity contribution is 7.54. The van der Waals surface area contributed by atoms with Crippen molar-refractivity contribution < 1.29 is 28.0 Å². The SMILES string of the molecule is [CH2]C([CH2])(CP(=O)(O)O)CP(=O)(OCCCC)OCCCC. The number of hydrogen-bond donors (Lipinski definition) is 2. The molecule has 2 radical (unpaired) electrons. The number of hydrogen-bond acceptors (Lipinski definition) is 4. The maximum atomic E-state index is 12.7. The van der Waals surface area contributed by atoms with Gasteiger partial charge in [0.25, 0.3) is 0 Å². The summed E-state index contributed by atoms with van der Waals surface area (Å²) in [5.41, 5.74) is -1.31. The van der Waals surface area contributed by atoms with E-state index in [1.165, 1.54) is 0 Å². The Morgan fingerprint density at radius 3 is 1.71 bits per heavy atom. The zero-order chi connectivity index (χ0) is 16.6. The highest BCUT2D eigenvalue weighted by atomic mass is 31.2. The average molecular weight is 342 g/mol. The quantitative estimate of drug-likeness (QED) is 0.415. The van der Waals surface area contributed by atoms with Crippen LogP contribution in [0.25, 0.3) is 0 Å². The molecule has 0 fully saturated rings. The summed E-state index contributed by atoms with van der Waals surface area (Å²) in [5, 5.41) is 0. The molecule has 0 saturated carbocycles. The van der Waals surface area contributed by atoms with Crippen LogP contribution >= 0.6 is 15.2 Å². The number of rotatable bonds is 12. The monoisotopic (exact) mass is 342 g/mol. The molecule has 0 unspecified atom stereocenters. The fourth-order valence-electron chi connectivity index (χ4n) is 1.72. The van der Waals surface area contributed by atoms with Gasteiger partial charge in [0.15, 0.2) is 0 Å². The average Bonchev–Trinajstić information content (AvgIpc) is 2.25. The van der Waals surface area contributed by atoms with Crippen LogP contribution < -0.4 is 0 Å².